The van der Waals surface area contributed by atoms with Gasteiger partial charge in [-0.2, -0.15) is 0 Å². The van der Waals surface area contributed by atoms with Crippen LogP contribution in [0.3, 0.4) is 0 Å². The number of nitrogens with zero attached hydrogens (tertiary/aromatic N) is 1. The van der Waals surface area contributed by atoms with E-state index in [0.717, 1.165) is 16.8 Å². The number of hydrogen-bond acceptors (Lipinski definition) is 2. The number of halogens is 1. The van der Waals surface area contributed by atoms with Gasteiger partial charge in [0, 0.05) is 31.2 Å². The van der Waals surface area contributed by atoms with Gasteiger partial charge < -0.3 is 0 Å². The molecule has 0 fully saturated rings. The topological polar surface area (TPSA) is 29.4 Å². The van der Waals surface area contributed by atoms with Gasteiger partial charge in [-0.15, -0.1) is 0 Å². The van der Waals surface area contributed by atoms with E-state index in [-0.39, 0.29) is 11.6 Å². The van der Waals surface area contributed by atoms with Crippen molar-refractivity contribution in [2.45, 2.75) is 26.7 Å². The van der Waals surface area contributed by atoms with Crippen LogP contribution in [-0.4, -0.2) is 18.5 Å². The van der Waals surface area contributed by atoms with E-state index < -0.39 is 0 Å². The van der Waals surface area contributed by atoms with Gasteiger partial charge >= 0.3 is 0 Å². The first kappa shape index (κ1) is 16.1. The number of carbonyl (C=O) groups excluding carboxylic acids is 1. The molecule has 2 nitrogen and oxygen atoms in total. The summed E-state index contributed by atoms with van der Waals surface area (Å²) in [6.45, 7) is 3.28. The molecule has 0 radical (unpaired) electrons. The summed E-state index contributed by atoms with van der Waals surface area (Å²) in [5.41, 5.74) is 3.89. The Morgan fingerprint density at radius 3 is 2.36 bits per heavy atom. The van der Waals surface area contributed by atoms with Crippen molar-refractivity contribution in [1.82, 2.24) is 0 Å². The standard InChI is InChI=1S/C19H20FNO/c1-13-9-16(14(2)22)11-19(20)18(13)12-17(21-3)10-15-7-5-4-6-8-15/h4-9,11H,10,12H2,1-3H3. The number of ketones is 1. The lowest BCUT2D eigenvalue weighted by Crippen LogP contribution is -2.11. The average Bonchev–Trinajstić information content (AvgIpc) is 2.50. The number of carbonyl (C=O) groups is 1. The number of Topliss-reactive ketones (excluding diaryl/α,β-unsaturated/α-hetero) is 1. The van der Waals surface area contributed by atoms with Crippen molar-refractivity contribution in [3.63, 3.8) is 0 Å². The highest BCUT2D eigenvalue weighted by molar-refractivity contribution is 5.94. The maximum absolute atomic E-state index is 14.3. The number of rotatable bonds is 5. The van der Waals surface area contributed by atoms with Gasteiger partial charge in [0.15, 0.2) is 5.78 Å². The largest absolute Gasteiger partial charge is 0.297 e. The Kier molecular flexibility index (Phi) is 5.21. The smallest absolute Gasteiger partial charge is 0.159 e. The normalized spacial score (nSPS) is 11.5. The van der Waals surface area contributed by atoms with Crippen molar-refractivity contribution in [1.29, 1.82) is 0 Å². The third-order valence-electron chi connectivity index (χ3n) is 3.77. The van der Waals surface area contributed by atoms with Crippen LogP contribution in [0.15, 0.2) is 47.5 Å². The number of hydrogen-bond donors (Lipinski definition) is 0. The minimum atomic E-state index is -0.334. The maximum Gasteiger partial charge on any atom is 0.159 e. The van der Waals surface area contributed by atoms with Gasteiger partial charge in [0.2, 0.25) is 0 Å². The second kappa shape index (κ2) is 7.12. The SMILES string of the molecule is CN=C(Cc1ccccc1)Cc1c(C)cc(C(C)=O)cc1F. The van der Waals surface area contributed by atoms with Crippen molar-refractivity contribution in [3.05, 3.63) is 70.5 Å². The second-order valence-corrected chi connectivity index (χ2v) is 5.44. The first-order valence-corrected chi connectivity index (χ1v) is 7.29. The first-order chi connectivity index (χ1) is 10.5. The van der Waals surface area contributed by atoms with E-state index >= 15 is 0 Å². The molecule has 22 heavy (non-hydrogen) atoms. The highest BCUT2D eigenvalue weighted by Gasteiger charge is 2.13. The Hall–Kier alpha value is -2.29. The molecule has 0 N–H and O–H groups in total. The Morgan fingerprint density at radius 2 is 1.82 bits per heavy atom. The molecule has 0 spiro atoms. The molecule has 114 valence electrons. The van der Waals surface area contributed by atoms with E-state index in [2.05, 4.69) is 4.99 Å². The van der Waals surface area contributed by atoms with Crippen LogP contribution in [0.25, 0.3) is 0 Å². The highest BCUT2D eigenvalue weighted by atomic mass is 19.1. The Balaban J connectivity index is 2.23. The van der Waals surface area contributed by atoms with Crippen LogP contribution in [0, 0.1) is 12.7 Å². The molecule has 0 aromatic heterocycles. The van der Waals surface area contributed by atoms with E-state index in [9.17, 15) is 9.18 Å². The van der Waals surface area contributed by atoms with Crippen molar-refractivity contribution in [2.75, 3.05) is 7.05 Å². The van der Waals surface area contributed by atoms with Gasteiger partial charge in [0.25, 0.3) is 0 Å². The summed E-state index contributed by atoms with van der Waals surface area (Å²) in [4.78, 5) is 15.7. The average molecular weight is 297 g/mol. The number of aliphatic imine (C=N–C) groups is 1. The second-order valence-electron chi connectivity index (χ2n) is 5.44. The van der Waals surface area contributed by atoms with Crippen LogP contribution in [0.1, 0.15) is 34.0 Å². The van der Waals surface area contributed by atoms with Crippen LogP contribution < -0.4 is 0 Å². The van der Waals surface area contributed by atoms with Gasteiger partial charge in [0.1, 0.15) is 5.82 Å². The van der Waals surface area contributed by atoms with Gasteiger partial charge in [-0.3, -0.25) is 9.79 Å². The molecular formula is C19H20FNO. The monoisotopic (exact) mass is 297 g/mol. The minimum Gasteiger partial charge on any atom is -0.297 e. The molecule has 0 saturated heterocycles. The third kappa shape index (κ3) is 3.88. The molecule has 0 unspecified atom stereocenters. The fourth-order valence-corrected chi connectivity index (χ4v) is 2.46. The lowest BCUT2D eigenvalue weighted by atomic mass is 9.96. The number of benzene rings is 2. The zero-order valence-corrected chi connectivity index (χ0v) is 13.2. The van der Waals surface area contributed by atoms with E-state index in [1.807, 2.05) is 37.3 Å². The summed E-state index contributed by atoms with van der Waals surface area (Å²) in [7, 11) is 1.73. The van der Waals surface area contributed by atoms with Gasteiger partial charge in [-0.1, -0.05) is 30.3 Å². The zero-order chi connectivity index (χ0) is 16.1. The summed E-state index contributed by atoms with van der Waals surface area (Å²) >= 11 is 0. The van der Waals surface area contributed by atoms with Crippen molar-refractivity contribution < 1.29 is 9.18 Å². The van der Waals surface area contributed by atoms with Crippen LogP contribution in [-0.2, 0) is 12.8 Å². The molecule has 0 heterocycles. The fraction of sp³-hybridized carbons (Fsp3) is 0.263. The predicted molar refractivity (Wildman–Crippen MR) is 88.4 cm³/mol. The minimum absolute atomic E-state index is 0.123. The fourth-order valence-electron chi connectivity index (χ4n) is 2.46. The Bertz CT molecular complexity index is 682. The number of aryl methyl sites for hydroxylation is 1. The lowest BCUT2D eigenvalue weighted by Gasteiger charge is -2.11. The predicted octanol–water partition coefficient (Wildman–Crippen LogP) is 4.19. The van der Waals surface area contributed by atoms with E-state index in [1.54, 1.807) is 13.1 Å². The molecule has 0 aliphatic heterocycles. The lowest BCUT2D eigenvalue weighted by molar-refractivity contribution is 0.101. The molecule has 0 amide bonds. The summed E-state index contributed by atoms with van der Waals surface area (Å²) in [6, 6.07) is 13.1. The molecule has 0 atom stereocenters. The van der Waals surface area contributed by atoms with E-state index in [0.29, 0.717) is 24.0 Å². The summed E-state index contributed by atoms with van der Waals surface area (Å²) in [5.74, 6) is -0.457. The molecule has 2 rings (SSSR count). The van der Waals surface area contributed by atoms with Crippen LogP contribution in [0.5, 0.6) is 0 Å². The Labute approximate surface area is 130 Å². The van der Waals surface area contributed by atoms with Gasteiger partial charge in [-0.05, 0) is 42.7 Å². The molecule has 0 aliphatic rings. The zero-order valence-electron chi connectivity index (χ0n) is 13.2. The van der Waals surface area contributed by atoms with E-state index in [4.69, 9.17) is 0 Å². The van der Waals surface area contributed by atoms with Crippen molar-refractivity contribution in [3.8, 4) is 0 Å². The highest BCUT2D eigenvalue weighted by Crippen LogP contribution is 2.18. The summed E-state index contributed by atoms with van der Waals surface area (Å²) in [5, 5.41) is 0. The Morgan fingerprint density at radius 1 is 1.14 bits per heavy atom. The van der Waals surface area contributed by atoms with Gasteiger partial charge in [0.05, 0.1) is 0 Å². The van der Waals surface area contributed by atoms with Gasteiger partial charge in [-0.25, -0.2) is 4.39 Å². The van der Waals surface area contributed by atoms with Crippen molar-refractivity contribution >= 4 is 11.5 Å². The molecular weight excluding hydrogens is 277 g/mol. The van der Waals surface area contributed by atoms with E-state index in [1.165, 1.54) is 13.0 Å². The van der Waals surface area contributed by atoms with Crippen LogP contribution in [0.2, 0.25) is 0 Å². The van der Waals surface area contributed by atoms with Crippen molar-refractivity contribution in [2.24, 2.45) is 4.99 Å². The van der Waals surface area contributed by atoms with Crippen LogP contribution in [0.4, 0.5) is 4.39 Å². The summed E-state index contributed by atoms with van der Waals surface area (Å²) in [6.07, 6.45) is 1.16. The molecule has 0 bridgehead atoms. The molecule has 3 heteroatoms. The first-order valence-electron chi connectivity index (χ1n) is 7.29. The maximum atomic E-state index is 14.3. The van der Waals surface area contributed by atoms with Crippen LogP contribution >= 0.6 is 0 Å². The molecule has 0 aliphatic carbocycles. The quantitative estimate of drug-likeness (QED) is 0.601. The molecule has 0 saturated carbocycles. The molecule has 2 aromatic carbocycles. The third-order valence-corrected chi connectivity index (χ3v) is 3.77. The molecule has 2 aromatic rings. The summed E-state index contributed by atoms with van der Waals surface area (Å²) < 4.78 is 14.3.